The van der Waals surface area contributed by atoms with E-state index < -0.39 is 5.41 Å². The van der Waals surface area contributed by atoms with Crippen LogP contribution in [0.4, 0.5) is 11.4 Å². The predicted molar refractivity (Wildman–Crippen MR) is 159 cm³/mol. The summed E-state index contributed by atoms with van der Waals surface area (Å²) in [5.41, 5.74) is 11.2. The van der Waals surface area contributed by atoms with Crippen molar-refractivity contribution in [3.63, 3.8) is 0 Å². The molecule has 0 fully saturated rings. The lowest BCUT2D eigenvalue weighted by Crippen LogP contribution is -2.32. The third-order valence-corrected chi connectivity index (χ3v) is 8.11. The number of para-hydroxylation sites is 2. The lowest BCUT2D eigenvalue weighted by molar-refractivity contribution is 0.438. The average molecular weight is 500 g/mol. The van der Waals surface area contributed by atoms with Crippen LogP contribution in [0.25, 0.3) is 22.3 Å². The fourth-order valence-corrected chi connectivity index (χ4v) is 6.52. The van der Waals surface area contributed by atoms with E-state index in [1.54, 1.807) is 0 Å². The van der Waals surface area contributed by atoms with E-state index in [1.807, 2.05) is 6.07 Å². The molecule has 0 unspecified atom stereocenters. The summed E-state index contributed by atoms with van der Waals surface area (Å²) in [6.07, 6.45) is 0. The molecule has 1 aliphatic heterocycles. The number of anilines is 2. The highest BCUT2D eigenvalue weighted by atomic mass is 16.5. The molecule has 0 aromatic heterocycles. The summed E-state index contributed by atoms with van der Waals surface area (Å²) >= 11 is 0. The molecule has 0 bridgehead atoms. The van der Waals surface area contributed by atoms with Crippen LogP contribution in [0.15, 0.2) is 146 Å². The number of rotatable bonds is 3. The standard InChI is InChI=1S/C37H25NO/c1-3-13-25(14-4-1)26-23-33-36(34(24-26)38-27-15-5-2-6-16-27)39-35-22-12-11-21-32(35)37(33)30-19-9-7-17-28(30)29-18-8-10-20-31(29)37/h1-24,38H. The number of benzene rings is 6. The van der Waals surface area contributed by atoms with Crippen LogP contribution in [0, 0.1) is 0 Å². The van der Waals surface area contributed by atoms with Crippen molar-refractivity contribution in [3.05, 3.63) is 168 Å². The summed E-state index contributed by atoms with van der Waals surface area (Å²) in [7, 11) is 0. The minimum Gasteiger partial charge on any atom is -0.454 e. The lowest BCUT2D eigenvalue weighted by atomic mass is 9.65. The van der Waals surface area contributed by atoms with E-state index in [-0.39, 0.29) is 0 Å². The van der Waals surface area contributed by atoms with Crippen molar-refractivity contribution in [2.75, 3.05) is 5.32 Å². The second kappa shape index (κ2) is 8.47. The van der Waals surface area contributed by atoms with Gasteiger partial charge in [-0.25, -0.2) is 0 Å². The molecule has 1 spiro atoms. The molecule has 8 rings (SSSR count). The van der Waals surface area contributed by atoms with Crippen LogP contribution in [-0.4, -0.2) is 0 Å². The van der Waals surface area contributed by atoms with Gasteiger partial charge < -0.3 is 10.1 Å². The van der Waals surface area contributed by atoms with E-state index in [2.05, 4.69) is 145 Å². The van der Waals surface area contributed by atoms with E-state index in [1.165, 1.54) is 33.4 Å². The smallest absolute Gasteiger partial charge is 0.155 e. The first-order valence-corrected chi connectivity index (χ1v) is 13.4. The maximum atomic E-state index is 6.83. The molecule has 0 saturated heterocycles. The van der Waals surface area contributed by atoms with Crippen LogP contribution in [-0.2, 0) is 5.41 Å². The Hall–Kier alpha value is -5.08. The Bertz CT molecular complexity index is 1810. The second-order valence-corrected chi connectivity index (χ2v) is 10.2. The lowest BCUT2D eigenvalue weighted by Gasteiger charge is -2.40. The van der Waals surface area contributed by atoms with Gasteiger partial charge in [-0.1, -0.05) is 115 Å². The minimum atomic E-state index is -0.505. The predicted octanol–water partition coefficient (Wildman–Crippen LogP) is 9.57. The molecule has 1 heterocycles. The Labute approximate surface area is 228 Å². The number of hydrogen-bond donors (Lipinski definition) is 1. The summed E-state index contributed by atoms with van der Waals surface area (Å²) < 4.78 is 6.83. The fourth-order valence-electron chi connectivity index (χ4n) is 6.52. The van der Waals surface area contributed by atoms with Gasteiger partial charge in [-0.15, -0.1) is 0 Å². The van der Waals surface area contributed by atoms with E-state index >= 15 is 0 Å². The van der Waals surface area contributed by atoms with E-state index in [4.69, 9.17) is 4.74 Å². The van der Waals surface area contributed by atoms with Crippen LogP contribution < -0.4 is 10.1 Å². The monoisotopic (exact) mass is 499 g/mol. The minimum absolute atomic E-state index is 0.505. The third-order valence-electron chi connectivity index (χ3n) is 8.11. The molecule has 2 heteroatoms. The maximum Gasteiger partial charge on any atom is 0.155 e. The number of ether oxygens (including phenoxy) is 1. The van der Waals surface area contributed by atoms with Crippen molar-refractivity contribution in [3.8, 4) is 33.8 Å². The molecule has 2 aliphatic rings. The van der Waals surface area contributed by atoms with Crippen molar-refractivity contribution in [1.29, 1.82) is 0 Å². The third kappa shape index (κ3) is 3.15. The van der Waals surface area contributed by atoms with E-state index in [9.17, 15) is 0 Å². The zero-order valence-electron chi connectivity index (χ0n) is 21.3. The van der Waals surface area contributed by atoms with Crippen LogP contribution >= 0.6 is 0 Å². The Morgan fingerprint density at radius 3 is 1.72 bits per heavy atom. The molecule has 6 aromatic carbocycles. The number of nitrogens with one attached hydrogen (secondary N) is 1. The molecule has 0 amide bonds. The van der Waals surface area contributed by atoms with Crippen molar-refractivity contribution >= 4 is 11.4 Å². The van der Waals surface area contributed by atoms with Gasteiger partial charge in [0, 0.05) is 16.8 Å². The van der Waals surface area contributed by atoms with Crippen molar-refractivity contribution in [2.45, 2.75) is 5.41 Å². The molecular weight excluding hydrogens is 474 g/mol. The summed E-state index contributed by atoms with van der Waals surface area (Å²) in [5, 5.41) is 3.70. The molecule has 2 nitrogen and oxygen atoms in total. The fraction of sp³-hybridized carbons (Fsp3) is 0.0270. The van der Waals surface area contributed by atoms with Gasteiger partial charge in [0.1, 0.15) is 5.75 Å². The normalized spacial score (nSPS) is 13.5. The molecule has 184 valence electrons. The molecule has 1 aliphatic carbocycles. The van der Waals surface area contributed by atoms with Gasteiger partial charge in [-0.2, -0.15) is 0 Å². The second-order valence-electron chi connectivity index (χ2n) is 10.2. The molecule has 0 radical (unpaired) electrons. The molecular formula is C37H25NO. The van der Waals surface area contributed by atoms with Gasteiger partial charge >= 0.3 is 0 Å². The first-order valence-electron chi connectivity index (χ1n) is 13.4. The average Bonchev–Trinajstić information content (AvgIpc) is 3.30. The number of hydrogen-bond acceptors (Lipinski definition) is 2. The van der Waals surface area contributed by atoms with Crippen LogP contribution in [0.2, 0.25) is 0 Å². The highest BCUT2D eigenvalue weighted by molar-refractivity contribution is 5.91. The first kappa shape index (κ1) is 22.0. The Morgan fingerprint density at radius 1 is 0.462 bits per heavy atom. The Balaban J connectivity index is 1.51. The zero-order chi connectivity index (χ0) is 25.8. The van der Waals surface area contributed by atoms with Crippen molar-refractivity contribution in [2.24, 2.45) is 0 Å². The Kier molecular flexibility index (Phi) is 4.77. The molecule has 39 heavy (non-hydrogen) atoms. The van der Waals surface area contributed by atoms with Gasteiger partial charge in [0.2, 0.25) is 0 Å². The SMILES string of the molecule is c1ccc(Nc2cc(-c3ccccc3)cc3c2Oc2ccccc2C32c3ccccc3-c3ccccc32)cc1. The molecule has 0 saturated carbocycles. The van der Waals surface area contributed by atoms with Gasteiger partial charge in [-0.3, -0.25) is 0 Å². The summed E-state index contributed by atoms with van der Waals surface area (Å²) in [5.74, 6) is 1.75. The largest absolute Gasteiger partial charge is 0.454 e. The highest BCUT2D eigenvalue weighted by Gasteiger charge is 2.51. The van der Waals surface area contributed by atoms with Gasteiger partial charge in [0.15, 0.2) is 5.75 Å². The number of fused-ring (bicyclic) bond motifs is 9. The van der Waals surface area contributed by atoms with Crippen LogP contribution in [0.1, 0.15) is 22.3 Å². The van der Waals surface area contributed by atoms with E-state index in [0.717, 1.165) is 34.0 Å². The van der Waals surface area contributed by atoms with Crippen molar-refractivity contribution < 1.29 is 4.74 Å². The van der Waals surface area contributed by atoms with Gasteiger partial charge in [0.25, 0.3) is 0 Å². The molecule has 6 aromatic rings. The summed E-state index contributed by atoms with van der Waals surface area (Å²) in [6.45, 7) is 0. The van der Waals surface area contributed by atoms with Gasteiger partial charge in [-0.05, 0) is 63.7 Å². The maximum absolute atomic E-state index is 6.83. The molecule has 0 atom stereocenters. The Morgan fingerprint density at radius 2 is 1.03 bits per heavy atom. The molecule has 1 N–H and O–H groups in total. The van der Waals surface area contributed by atoms with Crippen molar-refractivity contribution in [1.82, 2.24) is 0 Å². The summed E-state index contributed by atoms with van der Waals surface area (Å²) in [6, 6.07) is 51.7. The van der Waals surface area contributed by atoms with Gasteiger partial charge in [0.05, 0.1) is 11.1 Å². The first-order chi connectivity index (χ1) is 19.3. The van der Waals surface area contributed by atoms with Crippen LogP contribution in [0.3, 0.4) is 0 Å². The van der Waals surface area contributed by atoms with E-state index in [0.29, 0.717) is 0 Å². The topological polar surface area (TPSA) is 21.3 Å². The highest BCUT2D eigenvalue weighted by Crippen LogP contribution is 2.63. The quantitative estimate of drug-likeness (QED) is 0.261. The van der Waals surface area contributed by atoms with Crippen LogP contribution in [0.5, 0.6) is 11.5 Å². The zero-order valence-corrected chi connectivity index (χ0v) is 21.3. The summed E-state index contributed by atoms with van der Waals surface area (Å²) in [4.78, 5) is 0.